The normalized spacial score (nSPS) is 20.0. The quantitative estimate of drug-likeness (QED) is 0.828. The molecule has 1 heterocycles. The zero-order valence-electron chi connectivity index (χ0n) is 11.5. The standard InChI is InChI=1S/C12H18N4O3/c1-11(2)10(12(11,3)4)13-8(17)6-16-5-7(9(18)19)14-15-16/h5,10H,6H2,1-4H3,(H,13,17)(H,18,19). The van der Waals surface area contributed by atoms with E-state index in [1.807, 2.05) is 0 Å². The van der Waals surface area contributed by atoms with E-state index in [2.05, 4.69) is 43.3 Å². The van der Waals surface area contributed by atoms with Gasteiger partial charge >= 0.3 is 5.97 Å². The molecule has 2 N–H and O–H groups in total. The molecule has 0 radical (unpaired) electrons. The lowest BCUT2D eigenvalue weighted by Crippen LogP contribution is -2.33. The minimum absolute atomic E-state index is 0.0249. The first kappa shape index (κ1) is 13.5. The van der Waals surface area contributed by atoms with Crippen LogP contribution < -0.4 is 5.32 Å². The zero-order valence-corrected chi connectivity index (χ0v) is 11.5. The van der Waals surface area contributed by atoms with Gasteiger partial charge in [-0.2, -0.15) is 0 Å². The molecule has 1 amide bonds. The van der Waals surface area contributed by atoms with Crippen LogP contribution in [0.4, 0.5) is 0 Å². The topological polar surface area (TPSA) is 97.1 Å². The monoisotopic (exact) mass is 266 g/mol. The molecule has 7 nitrogen and oxygen atoms in total. The number of hydrogen-bond donors (Lipinski definition) is 2. The van der Waals surface area contributed by atoms with Crippen molar-refractivity contribution in [2.45, 2.75) is 40.3 Å². The molecule has 104 valence electrons. The predicted molar refractivity (Wildman–Crippen MR) is 66.5 cm³/mol. The molecule has 1 saturated carbocycles. The van der Waals surface area contributed by atoms with Crippen LogP contribution in [0.25, 0.3) is 0 Å². The number of nitrogens with zero attached hydrogens (tertiary/aromatic N) is 3. The Morgan fingerprint density at radius 1 is 1.37 bits per heavy atom. The number of carbonyl (C=O) groups is 2. The van der Waals surface area contributed by atoms with E-state index >= 15 is 0 Å². The van der Waals surface area contributed by atoms with E-state index in [4.69, 9.17) is 5.11 Å². The molecule has 1 aliphatic carbocycles. The summed E-state index contributed by atoms with van der Waals surface area (Å²) in [5.41, 5.74) is -0.0333. The Labute approximate surface area is 111 Å². The van der Waals surface area contributed by atoms with Gasteiger partial charge in [0.15, 0.2) is 5.69 Å². The lowest BCUT2D eigenvalue weighted by molar-refractivity contribution is -0.122. The number of nitrogens with one attached hydrogen (secondary N) is 1. The lowest BCUT2D eigenvalue weighted by Gasteiger charge is -2.06. The van der Waals surface area contributed by atoms with Gasteiger partial charge in [0.05, 0.1) is 6.20 Å². The number of carbonyl (C=O) groups excluding carboxylic acids is 1. The molecule has 2 rings (SSSR count). The van der Waals surface area contributed by atoms with Crippen molar-refractivity contribution in [3.05, 3.63) is 11.9 Å². The summed E-state index contributed by atoms with van der Waals surface area (Å²) < 4.78 is 1.22. The van der Waals surface area contributed by atoms with Gasteiger partial charge in [0.25, 0.3) is 0 Å². The molecule has 7 heteroatoms. The Hall–Kier alpha value is -1.92. The molecule has 0 saturated heterocycles. The van der Waals surface area contributed by atoms with Crippen LogP contribution >= 0.6 is 0 Å². The molecule has 0 aliphatic heterocycles. The van der Waals surface area contributed by atoms with Crippen molar-refractivity contribution in [3.8, 4) is 0 Å². The molecule has 1 aromatic rings. The predicted octanol–water partition coefficient (Wildman–Crippen LogP) is 0.527. The number of carboxylic acids is 1. The van der Waals surface area contributed by atoms with E-state index in [-0.39, 0.29) is 35.0 Å². The van der Waals surface area contributed by atoms with Crippen LogP contribution in [0, 0.1) is 10.8 Å². The minimum Gasteiger partial charge on any atom is -0.476 e. The van der Waals surface area contributed by atoms with Gasteiger partial charge in [0.2, 0.25) is 5.91 Å². The van der Waals surface area contributed by atoms with Gasteiger partial charge in [-0.25, -0.2) is 9.48 Å². The van der Waals surface area contributed by atoms with Gasteiger partial charge in [-0.05, 0) is 10.8 Å². The molecule has 0 spiro atoms. The second-order valence-electron chi connectivity index (χ2n) is 6.05. The summed E-state index contributed by atoms with van der Waals surface area (Å²) >= 11 is 0. The van der Waals surface area contributed by atoms with Crippen molar-refractivity contribution < 1.29 is 14.7 Å². The fourth-order valence-corrected chi connectivity index (χ4v) is 2.38. The fraction of sp³-hybridized carbons (Fsp3) is 0.667. The van der Waals surface area contributed by atoms with Gasteiger partial charge in [-0.1, -0.05) is 32.9 Å². The first-order valence-corrected chi connectivity index (χ1v) is 6.09. The molecule has 19 heavy (non-hydrogen) atoms. The molecule has 0 aromatic carbocycles. The van der Waals surface area contributed by atoms with E-state index in [9.17, 15) is 9.59 Å². The third-order valence-corrected chi connectivity index (χ3v) is 4.39. The third-order valence-electron chi connectivity index (χ3n) is 4.39. The van der Waals surface area contributed by atoms with E-state index in [1.165, 1.54) is 10.9 Å². The molecule has 0 atom stereocenters. The van der Waals surface area contributed by atoms with Crippen LogP contribution in [0.15, 0.2) is 6.20 Å². The van der Waals surface area contributed by atoms with Crippen LogP contribution in [-0.4, -0.2) is 38.0 Å². The number of hydrogen-bond acceptors (Lipinski definition) is 4. The SMILES string of the molecule is CC1(C)C(NC(=O)Cn2cc(C(=O)O)nn2)C1(C)C. The van der Waals surface area contributed by atoms with Gasteiger partial charge < -0.3 is 10.4 Å². The molecule has 0 bridgehead atoms. The Kier molecular flexibility index (Phi) is 2.87. The number of amides is 1. The second-order valence-corrected chi connectivity index (χ2v) is 6.05. The van der Waals surface area contributed by atoms with Gasteiger partial charge in [0, 0.05) is 6.04 Å². The van der Waals surface area contributed by atoms with Crippen LogP contribution in [0.2, 0.25) is 0 Å². The van der Waals surface area contributed by atoms with Gasteiger partial charge in [-0.15, -0.1) is 5.10 Å². The summed E-state index contributed by atoms with van der Waals surface area (Å²) in [5.74, 6) is -1.35. The second kappa shape index (κ2) is 4.04. The van der Waals surface area contributed by atoms with Crippen molar-refractivity contribution in [2.75, 3.05) is 0 Å². The van der Waals surface area contributed by atoms with Crippen LogP contribution in [0.5, 0.6) is 0 Å². The summed E-state index contributed by atoms with van der Waals surface area (Å²) in [6.07, 6.45) is 1.24. The number of rotatable bonds is 4. The molecule has 1 aromatic heterocycles. The Morgan fingerprint density at radius 2 is 1.95 bits per heavy atom. The van der Waals surface area contributed by atoms with E-state index in [1.54, 1.807) is 0 Å². The van der Waals surface area contributed by atoms with Crippen molar-refractivity contribution in [1.29, 1.82) is 0 Å². The van der Waals surface area contributed by atoms with Gasteiger partial charge in [0.1, 0.15) is 6.54 Å². The summed E-state index contributed by atoms with van der Waals surface area (Å²) in [5, 5.41) is 18.7. The van der Waals surface area contributed by atoms with Crippen molar-refractivity contribution in [1.82, 2.24) is 20.3 Å². The van der Waals surface area contributed by atoms with E-state index < -0.39 is 5.97 Å². The zero-order chi connectivity index (χ0) is 14.4. The van der Waals surface area contributed by atoms with Crippen molar-refractivity contribution >= 4 is 11.9 Å². The highest BCUT2D eigenvalue weighted by Gasteiger charge is 2.65. The minimum atomic E-state index is -1.16. The fourth-order valence-electron chi connectivity index (χ4n) is 2.38. The average Bonchev–Trinajstić information content (AvgIpc) is 2.70. The van der Waals surface area contributed by atoms with Crippen LogP contribution in [-0.2, 0) is 11.3 Å². The van der Waals surface area contributed by atoms with Gasteiger partial charge in [-0.3, -0.25) is 4.79 Å². The largest absolute Gasteiger partial charge is 0.476 e. The number of carboxylic acid groups (broad SMARTS) is 1. The van der Waals surface area contributed by atoms with Crippen LogP contribution in [0.1, 0.15) is 38.2 Å². The smallest absolute Gasteiger partial charge is 0.358 e. The Balaban J connectivity index is 1.94. The number of aromatic nitrogens is 3. The first-order chi connectivity index (χ1) is 8.66. The molecule has 1 fully saturated rings. The molecule has 1 aliphatic rings. The van der Waals surface area contributed by atoms with Crippen LogP contribution in [0.3, 0.4) is 0 Å². The summed E-state index contributed by atoms with van der Waals surface area (Å²) in [7, 11) is 0. The highest BCUT2D eigenvalue weighted by atomic mass is 16.4. The third kappa shape index (κ3) is 2.20. The van der Waals surface area contributed by atoms with Crippen molar-refractivity contribution in [3.63, 3.8) is 0 Å². The average molecular weight is 266 g/mol. The highest BCUT2D eigenvalue weighted by Crippen LogP contribution is 2.62. The van der Waals surface area contributed by atoms with E-state index in [0.29, 0.717) is 0 Å². The maximum Gasteiger partial charge on any atom is 0.358 e. The maximum atomic E-state index is 11.9. The van der Waals surface area contributed by atoms with Crippen molar-refractivity contribution in [2.24, 2.45) is 10.8 Å². The highest BCUT2D eigenvalue weighted by molar-refractivity contribution is 5.84. The first-order valence-electron chi connectivity index (χ1n) is 6.09. The Morgan fingerprint density at radius 3 is 2.37 bits per heavy atom. The summed E-state index contributed by atoms with van der Waals surface area (Å²) in [4.78, 5) is 22.5. The molecular formula is C12H18N4O3. The van der Waals surface area contributed by atoms with E-state index in [0.717, 1.165) is 0 Å². The maximum absolute atomic E-state index is 11.9. The number of aromatic carboxylic acids is 1. The molecular weight excluding hydrogens is 248 g/mol. The summed E-state index contributed by atoms with van der Waals surface area (Å²) in [6.45, 7) is 8.40. The summed E-state index contributed by atoms with van der Waals surface area (Å²) in [6, 6.07) is 0.120. The lowest BCUT2D eigenvalue weighted by atomic mass is 10.0. The molecule has 0 unspecified atom stereocenters. The Bertz CT molecular complexity index is 519.